The lowest BCUT2D eigenvalue weighted by atomic mass is 10.1. The van der Waals surface area contributed by atoms with Gasteiger partial charge >= 0.3 is 0 Å². The molecule has 2 unspecified atom stereocenters. The van der Waals surface area contributed by atoms with Crippen LogP contribution in [-0.2, 0) is 0 Å². The maximum absolute atomic E-state index is 9.65. The summed E-state index contributed by atoms with van der Waals surface area (Å²) >= 11 is 3.91. The van der Waals surface area contributed by atoms with Crippen LogP contribution < -0.4 is 4.74 Å². The number of hydrogen-bond acceptors (Lipinski definition) is 4. The average Bonchev–Trinajstić information content (AvgIpc) is 2.27. The predicted molar refractivity (Wildman–Crippen MR) is 57.8 cm³/mol. The molecule has 0 amide bonds. The lowest BCUT2D eigenvalue weighted by molar-refractivity contribution is 0.0336. The molecule has 0 heterocycles. The van der Waals surface area contributed by atoms with Gasteiger partial charge < -0.3 is 14.9 Å². The third-order valence-corrected chi connectivity index (χ3v) is 2.36. The molecule has 14 heavy (non-hydrogen) atoms. The first-order valence-corrected chi connectivity index (χ1v) is 4.93. The van der Waals surface area contributed by atoms with Crippen molar-refractivity contribution < 1.29 is 14.9 Å². The summed E-state index contributed by atoms with van der Waals surface area (Å²) in [6.07, 6.45) is -1.77. The van der Waals surface area contributed by atoms with Crippen LogP contribution in [0.5, 0.6) is 5.75 Å². The maximum atomic E-state index is 9.65. The Labute approximate surface area is 88.7 Å². The smallest absolute Gasteiger partial charge is 0.119 e. The molecule has 0 aliphatic rings. The Balaban J connectivity index is 2.83. The molecule has 2 atom stereocenters. The predicted octanol–water partition coefficient (Wildman–Crippen LogP) is 1.02. The second-order valence-corrected chi connectivity index (χ2v) is 3.34. The van der Waals surface area contributed by atoms with Gasteiger partial charge in [0.25, 0.3) is 0 Å². The summed E-state index contributed by atoms with van der Waals surface area (Å²) in [5, 5.41) is 19.0. The fourth-order valence-electron chi connectivity index (χ4n) is 1.15. The van der Waals surface area contributed by atoms with Crippen molar-refractivity contribution in [1.29, 1.82) is 0 Å². The largest absolute Gasteiger partial charge is 0.497 e. The molecule has 1 aromatic carbocycles. The van der Waals surface area contributed by atoms with E-state index in [0.29, 0.717) is 11.3 Å². The Bertz CT molecular complexity index is 290. The van der Waals surface area contributed by atoms with Crippen LogP contribution in [0.15, 0.2) is 24.3 Å². The van der Waals surface area contributed by atoms with Gasteiger partial charge in [-0.05, 0) is 17.7 Å². The molecule has 0 fully saturated rings. The van der Waals surface area contributed by atoms with Crippen molar-refractivity contribution in [2.75, 3.05) is 12.9 Å². The van der Waals surface area contributed by atoms with E-state index in [1.54, 1.807) is 31.4 Å². The van der Waals surface area contributed by atoms with Gasteiger partial charge in [-0.2, -0.15) is 12.6 Å². The highest BCUT2D eigenvalue weighted by Crippen LogP contribution is 2.21. The van der Waals surface area contributed by atoms with Crippen molar-refractivity contribution >= 4 is 12.6 Å². The van der Waals surface area contributed by atoms with E-state index in [1.807, 2.05) is 0 Å². The van der Waals surface area contributed by atoms with E-state index in [1.165, 1.54) is 0 Å². The molecule has 0 aliphatic heterocycles. The minimum atomic E-state index is -0.914. The SMILES string of the molecule is COc1cccc(C(O)C(O)CS)c1. The second-order valence-electron chi connectivity index (χ2n) is 2.97. The van der Waals surface area contributed by atoms with Crippen molar-refractivity contribution in [3.63, 3.8) is 0 Å². The molecule has 1 rings (SSSR count). The Kier molecular flexibility index (Phi) is 4.25. The highest BCUT2D eigenvalue weighted by molar-refractivity contribution is 7.80. The van der Waals surface area contributed by atoms with Gasteiger partial charge in [0.05, 0.1) is 13.2 Å². The van der Waals surface area contributed by atoms with Gasteiger partial charge in [-0.25, -0.2) is 0 Å². The number of aliphatic hydroxyl groups is 2. The molecule has 0 bridgehead atoms. The quantitative estimate of drug-likeness (QED) is 0.656. The minimum absolute atomic E-state index is 0.221. The molecule has 78 valence electrons. The van der Waals surface area contributed by atoms with E-state index in [9.17, 15) is 10.2 Å². The summed E-state index contributed by atoms with van der Waals surface area (Å²) < 4.78 is 5.01. The first kappa shape index (κ1) is 11.4. The molecule has 2 N–H and O–H groups in total. The summed E-state index contributed by atoms with van der Waals surface area (Å²) in [4.78, 5) is 0. The number of rotatable bonds is 4. The lowest BCUT2D eigenvalue weighted by Crippen LogP contribution is -2.19. The zero-order chi connectivity index (χ0) is 10.6. The zero-order valence-electron chi connectivity index (χ0n) is 7.92. The molecule has 1 aromatic rings. The van der Waals surface area contributed by atoms with Crippen LogP contribution in [0.1, 0.15) is 11.7 Å². The number of ether oxygens (including phenoxy) is 1. The van der Waals surface area contributed by atoms with Crippen molar-refractivity contribution in [3.8, 4) is 5.75 Å². The third-order valence-electron chi connectivity index (χ3n) is 1.99. The van der Waals surface area contributed by atoms with Gasteiger partial charge in [-0.15, -0.1) is 0 Å². The van der Waals surface area contributed by atoms with Crippen LogP contribution in [0.2, 0.25) is 0 Å². The first-order valence-electron chi connectivity index (χ1n) is 4.30. The Hall–Kier alpha value is -0.710. The van der Waals surface area contributed by atoms with E-state index < -0.39 is 12.2 Å². The first-order chi connectivity index (χ1) is 6.69. The van der Waals surface area contributed by atoms with E-state index in [2.05, 4.69) is 12.6 Å². The average molecular weight is 214 g/mol. The van der Waals surface area contributed by atoms with Crippen LogP contribution in [0.25, 0.3) is 0 Å². The third kappa shape index (κ3) is 2.64. The zero-order valence-corrected chi connectivity index (χ0v) is 8.82. The van der Waals surface area contributed by atoms with E-state index in [0.717, 1.165) is 0 Å². The fraction of sp³-hybridized carbons (Fsp3) is 0.400. The van der Waals surface area contributed by atoms with Crippen LogP contribution in [0.4, 0.5) is 0 Å². The number of methoxy groups -OCH3 is 1. The number of benzene rings is 1. The molecule has 4 heteroatoms. The van der Waals surface area contributed by atoms with Gasteiger partial charge in [-0.1, -0.05) is 12.1 Å². The Morgan fingerprint density at radius 3 is 2.71 bits per heavy atom. The Morgan fingerprint density at radius 1 is 1.43 bits per heavy atom. The van der Waals surface area contributed by atoms with Crippen molar-refractivity contribution in [2.24, 2.45) is 0 Å². The normalized spacial score (nSPS) is 14.9. The highest BCUT2D eigenvalue weighted by atomic mass is 32.1. The van der Waals surface area contributed by atoms with Gasteiger partial charge in [0, 0.05) is 5.75 Å². The van der Waals surface area contributed by atoms with Crippen molar-refractivity contribution in [1.82, 2.24) is 0 Å². The summed E-state index contributed by atoms with van der Waals surface area (Å²) in [7, 11) is 1.56. The molecular formula is C10H14O3S. The fourth-order valence-corrected chi connectivity index (χ4v) is 1.35. The van der Waals surface area contributed by atoms with Gasteiger partial charge in [0.15, 0.2) is 0 Å². The minimum Gasteiger partial charge on any atom is -0.497 e. The van der Waals surface area contributed by atoms with Crippen molar-refractivity contribution in [3.05, 3.63) is 29.8 Å². The lowest BCUT2D eigenvalue weighted by Gasteiger charge is -2.16. The number of aliphatic hydroxyl groups excluding tert-OH is 2. The Morgan fingerprint density at radius 2 is 2.14 bits per heavy atom. The molecule has 0 aromatic heterocycles. The molecule has 3 nitrogen and oxygen atoms in total. The van der Waals surface area contributed by atoms with E-state index in [4.69, 9.17) is 4.74 Å². The van der Waals surface area contributed by atoms with Crippen LogP contribution >= 0.6 is 12.6 Å². The molecule has 0 spiro atoms. The number of hydrogen-bond donors (Lipinski definition) is 3. The van der Waals surface area contributed by atoms with Gasteiger partial charge in [0.1, 0.15) is 11.9 Å². The maximum Gasteiger partial charge on any atom is 0.119 e. The van der Waals surface area contributed by atoms with E-state index >= 15 is 0 Å². The molecule has 0 saturated heterocycles. The summed E-state index contributed by atoms with van der Waals surface area (Å²) in [5.41, 5.74) is 0.630. The van der Waals surface area contributed by atoms with Crippen LogP contribution in [0, 0.1) is 0 Å². The second kappa shape index (κ2) is 5.24. The van der Waals surface area contributed by atoms with Gasteiger partial charge in [0.2, 0.25) is 0 Å². The van der Waals surface area contributed by atoms with Crippen LogP contribution in [-0.4, -0.2) is 29.2 Å². The molecular weight excluding hydrogens is 200 g/mol. The number of thiol groups is 1. The summed E-state index contributed by atoms with van der Waals surface area (Å²) in [6, 6.07) is 6.98. The highest BCUT2D eigenvalue weighted by Gasteiger charge is 2.16. The summed E-state index contributed by atoms with van der Waals surface area (Å²) in [6.45, 7) is 0. The van der Waals surface area contributed by atoms with Gasteiger partial charge in [-0.3, -0.25) is 0 Å². The van der Waals surface area contributed by atoms with Crippen molar-refractivity contribution in [2.45, 2.75) is 12.2 Å². The summed E-state index contributed by atoms with van der Waals surface area (Å²) in [5.74, 6) is 0.881. The monoisotopic (exact) mass is 214 g/mol. The van der Waals surface area contributed by atoms with Crippen LogP contribution in [0.3, 0.4) is 0 Å². The molecule has 0 saturated carbocycles. The molecule has 0 aliphatic carbocycles. The molecule has 0 radical (unpaired) electrons. The topological polar surface area (TPSA) is 49.7 Å². The standard InChI is InChI=1S/C10H14O3S/c1-13-8-4-2-3-7(5-8)10(12)9(11)6-14/h2-5,9-12,14H,6H2,1H3. The van der Waals surface area contributed by atoms with E-state index in [-0.39, 0.29) is 5.75 Å².